The summed E-state index contributed by atoms with van der Waals surface area (Å²) in [6.45, 7) is 1.99. The molecule has 0 fully saturated rings. The first-order valence-electron chi connectivity index (χ1n) is 4.21. The maximum Gasteiger partial charge on any atom is 0.337 e. The SMILES string of the molecule is CC1C=Nc2c(C(=O)O)ccc(Br)c21. The molecular formula is C10H8BrNO2. The molecule has 0 aromatic heterocycles. The van der Waals surface area contributed by atoms with Gasteiger partial charge in [-0.1, -0.05) is 22.9 Å². The normalized spacial score (nSPS) is 18.3. The number of rotatable bonds is 1. The van der Waals surface area contributed by atoms with Crippen LogP contribution in [0.2, 0.25) is 0 Å². The Morgan fingerprint density at radius 2 is 2.29 bits per heavy atom. The summed E-state index contributed by atoms with van der Waals surface area (Å²) in [6, 6.07) is 3.33. The second kappa shape index (κ2) is 3.20. The summed E-state index contributed by atoms with van der Waals surface area (Å²) >= 11 is 3.40. The van der Waals surface area contributed by atoms with E-state index in [0.717, 1.165) is 10.0 Å². The van der Waals surface area contributed by atoms with Gasteiger partial charge in [0.25, 0.3) is 0 Å². The number of aromatic carboxylic acids is 1. The highest BCUT2D eigenvalue weighted by Gasteiger charge is 2.23. The van der Waals surface area contributed by atoms with Crippen LogP contribution in [0.1, 0.15) is 28.8 Å². The van der Waals surface area contributed by atoms with Gasteiger partial charge in [0.05, 0.1) is 11.3 Å². The highest BCUT2D eigenvalue weighted by atomic mass is 79.9. The minimum atomic E-state index is -0.931. The van der Waals surface area contributed by atoms with Crippen LogP contribution in [-0.2, 0) is 0 Å². The predicted molar refractivity (Wildman–Crippen MR) is 57.7 cm³/mol. The molecule has 14 heavy (non-hydrogen) atoms. The fourth-order valence-electron chi connectivity index (χ4n) is 1.59. The lowest BCUT2D eigenvalue weighted by Crippen LogP contribution is -1.99. The van der Waals surface area contributed by atoms with Crippen molar-refractivity contribution >= 4 is 33.8 Å². The van der Waals surface area contributed by atoms with Gasteiger partial charge in [-0.25, -0.2) is 4.79 Å². The van der Waals surface area contributed by atoms with E-state index in [-0.39, 0.29) is 11.5 Å². The van der Waals surface area contributed by atoms with Gasteiger partial charge in [-0.15, -0.1) is 0 Å². The molecule has 1 aliphatic heterocycles. The number of halogens is 1. The van der Waals surface area contributed by atoms with Crippen LogP contribution in [-0.4, -0.2) is 17.3 Å². The number of hydrogen-bond donors (Lipinski definition) is 1. The topological polar surface area (TPSA) is 49.7 Å². The van der Waals surface area contributed by atoms with E-state index >= 15 is 0 Å². The first-order chi connectivity index (χ1) is 6.61. The maximum atomic E-state index is 10.9. The van der Waals surface area contributed by atoms with E-state index in [0.29, 0.717) is 5.69 Å². The molecule has 1 N–H and O–H groups in total. The molecule has 0 saturated carbocycles. The van der Waals surface area contributed by atoms with Gasteiger partial charge in [0.15, 0.2) is 0 Å². The lowest BCUT2D eigenvalue weighted by Gasteiger charge is -2.07. The molecule has 3 nitrogen and oxygen atoms in total. The second-order valence-electron chi connectivity index (χ2n) is 3.23. The monoisotopic (exact) mass is 253 g/mol. The van der Waals surface area contributed by atoms with E-state index in [1.54, 1.807) is 18.3 Å². The number of carbonyl (C=O) groups is 1. The third-order valence-corrected chi connectivity index (χ3v) is 2.97. The van der Waals surface area contributed by atoms with Crippen molar-refractivity contribution in [2.24, 2.45) is 4.99 Å². The van der Waals surface area contributed by atoms with Gasteiger partial charge in [0.2, 0.25) is 0 Å². The van der Waals surface area contributed by atoms with E-state index in [1.165, 1.54) is 0 Å². The number of hydrogen-bond acceptors (Lipinski definition) is 2. The number of benzene rings is 1. The molecule has 1 unspecified atom stereocenters. The molecule has 72 valence electrons. The molecule has 1 atom stereocenters. The maximum absolute atomic E-state index is 10.9. The molecule has 0 aliphatic carbocycles. The van der Waals surface area contributed by atoms with E-state index < -0.39 is 5.97 Å². The lowest BCUT2D eigenvalue weighted by atomic mass is 10.0. The average molecular weight is 254 g/mol. The Morgan fingerprint density at radius 1 is 1.57 bits per heavy atom. The zero-order valence-corrected chi connectivity index (χ0v) is 9.08. The van der Waals surface area contributed by atoms with Crippen molar-refractivity contribution in [2.45, 2.75) is 12.8 Å². The molecule has 0 bridgehead atoms. The minimum absolute atomic E-state index is 0.179. The third kappa shape index (κ3) is 1.26. The lowest BCUT2D eigenvalue weighted by molar-refractivity contribution is 0.0698. The Labute approximate surface area is 89.6 Å². The number of aliphatic imine (C=N–C) groups is 1. The molecule has 4 heteroatoms. The summed E-state index contributed by atoms with van der Waals surface area (Å²) in [7, 11) is 0. The molecule has 0 amide bonds. The predicted octanol–water partition coefficient (Wildman–Crippen LogP) is 2.97. The van der Waals surface area contributed by atoms with E-state index in [9.17, 15) is 4.79 Å². The summed E-state index contributed by atoms with van der Waals surface area (Å²) in [4.78, 5) is 15.0. The summed E-state index contributed by atoms with van der Waals surface area (Å²) in [6.07, 6.45) is 1.77. The van der Waals surface area contributed by atoms with Crippen molar-refractivity contribution in [3.63, 3.8) is 0 Å². The molecule has 0 saturated heterocycles. The van der Waals surface area contributed by atoms with Crippen LogP contribution in [0.5, 0.6) is 0 Å². The zero-order valence-electron chi connectivity index (χ0n) is 7.49. The van der Waals surface area contributed by atoms with Crippen LogP contribution < -0.4 is 0 Å². The number of fused-ring (bicyclic) bond motifs is 1. The number of carboxylic acids is 1. The molecule has 0 radical (unpaired) electrons. The van der Waals surface area contributed by atoms with Crippen LogP contribution in [0, 0.1) is 0 Å². The zero-order chi connectivity index (χ0) is 10.3. The molecule has 1 aromatic carbocycles. The Morgan fingerprint density at radius 3 is 2.93 bits per heavy atom. The van der Waals surface area contributed by atoms with Crippen molar-refractivity contribution in [3.8, 4) is 0 Å². The summed E-state index contributed by atoms with van der Waals surface area (Å²) in [5, 5.41) is 8.94. The second-order valence-corrected chi connectivity index (χ2v) is 4.08. The highest BCUT2D eigenvalue weighted by Crippen LogP contribution is 2.39. The largest absolute Gasteiger partial charge is 0.478 e. The van der Waals surface area contributed by atoms with Gasteiger partial charge in [0.1, 0.15) is 0 Å². The van der Waals surface area contributed by atoms with Crippen LogP contribution in [0.3, 0.4) is 0 Å². The van der Waals surface area contributed by atoms with Crippen LogP contribution in [0.4, 0.5) is 5.69 Å². The van der Waals surface area contributed by atoms with Crippen LogP contribution in [0.15, 0.2) is 21.6 Å². The molecule has 1 aromatic rings. The summed E-state index contributed by atoms with van der Waals surface area (Å²) in [5.74, 6) is -0.751. The van der Waals surface area contributed by atoms with Gasteiger partial charge in [-0.3, -0.25) is 4.99 Å². The first-order valence-corrected chi connectivity index (χ1v) is 5.00. The molecule has 1 aliphatic rings. The Bertz CT molecular complexity index is 440. The average Bonchev–Trinajstić information content (AvgIpc) is 2.49. The van der Waals surface area contributed by atoms with Gasteiger partial charge in [-0.2, -0.15) is 0 Å². The molecule has 1 heterocycles. The smallest absolute Gasteiger partial charge is 0.337 e. The Kier molecular flexibility index (Phi) is 2.15. The van der Waals surface area contributed by atoms with Crippen molar-refractivity contribution in [1.82, 2.24) is 0 Å². The summed E-state index contributed by atoms with van der Waals surface area (Å²) < 4.78 is 0.919. The van der Waals surface area contributed by atoms with E-state index in [2.05, 4.69) is 20.9 Å². The van der Waals surface area contributed by atoms with Crippen molar-refractivity contribution in [3.05, 3.63) is 27.7 Å². The van der Waals surface area contributed by atoms with Crippen LogP contribution >= 0.6 is 15.9 Å². The van der Waals surface area contributed by atoms with Crippen molar-refractivity contribution in [1.29, 1.82) is 0 Å². The Hall–Kier alpha value is -1.16. The first kappa shape index (κ1) is 9.40. The van der Waals surface area contributed by atoms with Crippen LogP contribution in [0.25, 0.3) is 0 Å². The standard InChI is InChI=1S/C10H8BrNO2/c1-5-4-12-9-6(10(13)14)2-3-7(11)8(5)9/h2-5H,1H3,(H,13,14). The number of nitrogens with zero attached hydrogens (tertiary/aromatic N) is 1. The van der Waals surface area contributed by atoms with Crippen molar-refractivity contribution < 1.29 is 9.90 Å². The molecule has 2 rings (SSSR count). The third-order valence-electron chi connectivity index (χ3n) is 2.28. The van der Waals surface area contributed by atoms with E-state index in [4.69, 9.17) is 5.11 Å². The number of carboxylic acid groups (broad SMARTS) is 1. The minimum Gasteiger partial charge on any atom is -0.478 e. The molecule has 0 spiro atoms. The van der Waals surface area contributed by atoms with Gasteiger partial charge in [-0.05, 0) is 12.1 Å². The van der Waals surface area contributed by atoms with E-state index in [1.807, 2.05) is 6.92 Å². The van der Waals surface area contributed by atoms with Crippen molar-refractivity contribution in [2.75, 3.05) is 0 Å². The molecular weight excluding hydrogens is 246 g/mol. The van der Waals surface area contributed by atoms with Gasteiger partial charge in [0, 0.05) is 22.2 Å². The fourth-order valence-corrected chi connectivity index (χ4v) is 2.27. The summed E-state index contributed by atoms with van der Waals surface area (Å²) in [5.41, 5.74) is 1.81. The van der Waals surface area contributed by atoms with Gasteiger partial charge >= 0.3 is 5.97 Å². The fraction of sp³-hybridized carbons (Fsp3) is 0.200. The highest BCUT2D eigenvalue weighted by molar-refractivity contribution is 9.10. The Balaban J connectivity index is 2.70. The van der Waals surface area contributed by atoms with Gasteiger partial charge < -0.3 is 5.11 Å². The quantitative estimate of drug-likeness (QED) is 0.837.